The molecule has 1 aromatic carbocycles. The van der Waals surface area contributed by atoms with Crippen LogP contribution in [0.4, 0.5) is 4.79 Å². The van der Waals surface area contributed by atoms with Crippen molar-refractivity contribution in [2.75, 3.05) is 0 Å². The van der Waals surface area contributed by atoms with Crippen LogP contribution in [-0.2, 0) is 16.8 Å². The molecular weight excluding hydrogens is 192 g/mol. The van der Waals surface area contributed by atoms with Crippen LogP contribution < -0.4 is 5.73 Å². The molecule has 0 radical (unpaired) electrons. The Kier molecular flexibility index (Phi) is 1.46. The lowest BCUT2D eigenvalue weighted by molar-refractivity contribution is 0.0808. The van der Waals surface area contributed by atoms with Crippen molar-refractivity contribution in [3.8, 4) is 0 Å². The van der Waals surface area contributed by atoms with Gasteiger partial charge in [-0.05, 0) is 12.0 Å². The predicted molar refractivity (Wildman–Crippen MR) is 54.5 cm³/mol. The molecule has 76 valence electrons. The Labute approximate surface area is 86.8 Å². The van der Waals surface area contributed by atoms with Gasteiger partial charge in [0.25, 0.3) is 0 Å². The second-order valence-electron chi connectivity index (χ2n) is 3.85. The molecule has 15 heavy (non-hydrogen) atoms. The maximum atomic E-state index is 11.1. The number of rotatable bonds is 0. The van der Waals surface area contributed by atoms with E-state index in [0.29, 0.717) is 6.42 Å². The third-order valence-electron chi connectivity index (χ3n) is 3.09. The van der Waals surface area contributed by atoms with Crippen LogP contribution in [0.1, 0.15) is 17.5 Å². The molecule has 0 saturated heterocycles. The lowest BCUT2D eigenvalue weighted by atomic mass is 9.95. The monoisotopic (exact) mass is 202 g/mol. The van der Waals surface area contributed by atoms with Crippen LogP contribution in [-0.4, -0.2) is 11.9 Å². The Morgan fingerprint density at radius 1 is 1.40 bits per heavy atom. The Bertz CT molecular complexity index is 481. The summed E-state index contributed by atoms with van der Waals surface area (Å²) in [6, 6.07) is 7.88. The van der Waals surface area contributed by atoms with Gasteiger partial charge in [-0.2, -0.15) is 4.99 Å². The Hall–Kier alpha value is -1.84. The number of hydrogen-bond donors (Lipinski definition) is 1. The van der Waals surface area contributed by atoms with E-state index in [1.54, 1.807) is 0 Å². The van der Waals surface area contributed by atoms with E-state index < -0.39 is 11.7 Å². The topological polar surface area (TPSA) is 64.7 Å². The molecule has 1 unspecified atom stereocenters. The van der Waals surface area contributed by atoms with E-state index in [-0.39, 0.29) is 5.84 Å². The van der Waals surface area contributed by atoms with Gasteiger partial charge in [0.15, 0.2) is 11.4 Å². The zero-order valence-corrected chi connectivity index (χ0v) is 8.06. The van der Waals surface area contributed by atoms with Crippen molar-refractivity contribution in [3.05, 3.63) is 35.4 Å². The van der Waals surface area contributed by atoms with Crippen molar-refractivity contribution in [2.24, 2.45) is 10.7 Å². The highest BCUT2D eigenvalue weighted by Gasteiger charge is 2.49. The van der Waals surface area contributed by atoms with E-state index in [4.69, 9.17) is 10.5 Å². The molecule has 1 aliphatic heterocycles. The number of nitrogens with two attached hydrogens (primary N) is 1. The second-order valence-corrected chi connectivity index (χ2v) is 3.85. The summed E-state index contributed by atoms with van der Waals surface area (Å²) in [6.45, 7) is 0. The molecule has 1 heterocycles. The van der Waals surface area contributed by atoms with Gasteiger partial charge in [0, 0.05) is 12.0 Å². The SMILES string of the molecule is NC1=NC(=O)OC12CCc1ccccc12. The van der Waals surface area contributed by atoms with Crippen LogP contribution in [0.3, 0.4) is 0 Å². The largest absolute Gasteiger partial charge is 0.436 e. The molecule has 0 fully saturated rings. The molecule has 0 bridgehead atoms. The summed E-state index contributed by atoms with van der Waals surface area (Å²) < 4.78 is 5.28. The van der Waals surface area contributed by atoms with E-state index >= 15 is 0 Å². The summed E-state index contributed by atoms with van der Waals surface area (Å²) >= 11 is 0. The fraction of sp³-hybridized carbons (Fsp3) is 0.273. The van der Waals surface area contributed by atoms with Crippen LogP contribution in [0, 0.1) is 0 Å². The highest BCUT2D eigenvalue weighted by molar-refractivity contribution is 6.03. The minimum Gasteiger partial charge on any atom is -0.428 e. The number of fused-ring (bicyclic) bond motifs is 2. The maximum absolute atomic E-state index is 11.1. The number of carbonyl (C=O) groups excluding carboxylic acids is 1. The Morgan fingerprint density at radius 3 is 2.93 bits per heavy atom. The summed E-state index contributed by atoms with van der Waals surface area (Å²) in [6.07, 6.45) is 0.997. The number of amidine groups is 1. The number of amides is 1. The molecule has 2 aliphatic rings. The molecule has 3 rings (SSSR count). The summed E-state index contributed by atoms with van der Waals surface area (Å²) in [5, 5.41) is 0. The molecule has 0 aromatic heterocycles. The molecule has 1 amide bonds. The first-order valence-electron chi connectivity index (χ1n) is 4.88. The molecule has 0 saturated carbocycles. The summed E-state index contributed by atoms with van der Waals surface area (Å²) in [4.78, 5) is 14.8. The third kappa shape index (κ3) is 0.960. The summed E-state index contributed by atoms with van der Waals surface area (Å²) in [7, 11) is 0. The quantitative estimate of drug-likeness (QED) is 0.690. The highest BCUT2D eigenvalue weighted by atomic mass is 16.6. The van der Waals surface area contributed by atoms with Crippen molar-refractivity contribution in [2.45, 2.75) is 18.4 Å². The first kappa shape index (κ1) is 8.47. The number of hydrogen-bond acceptors (Lipinski definition) is 3. The van der Waals surface area contributed by atoms with Gasteiger partial charge in [-0.25, -0.2) is 4.79 Å². The van der Waals surface area contributed by atoms with Gasteiger partial charge in [-0.15, -0.1) is 0 Å². The first-order valence-corrected chi connectivity index (χ1v) is 4.88. The van der Waals surface area contributed by atoms with E-state index in [0.717, 1.165) is 12.0 Å². The molecule has 4 heteroatoms. The van der Waals surface area contributed by atoms with Crippen molar-refractivity contribution in [1.29, 1.82) is 0 Å². The minimum absolute atomic E-state index is 0.289. The van der Waals surface area contributed by atoms with Gasteiger partial charge < -0.3 is 10.5 Å². The van der Waals surface area contributed by atoms with Gasteiger partial charge in [0.05, 0.1) is 0 Å². The Morgan fingerprint density at radius 2 is 2.20 bits per heavy atom. The Balaban J connectivity index is 2.18. The van der Waals surface area contributed by atoms with E-state index in [1.165, 1.54) is 5.56 Å². The van der Waals surface area contributed by atoms with Crippen LogP contribution >= 0.6 is 0 Å². The fourth-order valence-corrected chi connectivity index (χ4v) is 2.36. The number of ether oxygens (including phenoxy) is 1. The van der Waals surface area contributed by atoms with Gasteiger partial charge >= 0.3 is 6.09 Å². The second kappa shape index (κ2) is 2.59. The number of aliphatic imine (C=N–C) groups is 1. The van der Waals surface area contributed by atoms with Gasteiger partial charge in [0.1, 0.15) is 0 Å². The van der Waals surface area contributed by atoms with E-state index in [1.807, 2.05) is 24.3 Å². The van der Waals surface area contributed by atoms with Crippen molar-refractivity contribution in [1.82, 2.24) is 0 Å². The standard InChI is InChI=1S/C11H10N2O2/c12-9-11(15-10(14)13-9)6-5-7-3-1-2-4-8(7)11/h1-4H,5-6H2,(H2,12,13,14). The predicted octanol–water partition coefficient (Wildman–Crippen LogP) is 1.34. The molecule has 1 atom stereocenters. The third-order valence-corrected chi connectivity index (χ3v) is 3.09. The highest BCUT2D eigenvalue weighted by Crippen LogP contribution is 2.42. The number of nitrogens with zero attached hydrogens (tertiary/aromatic N) is 1. The van der Waals surface area contributed by atoms with Gasteiger partial charge in [0.2, 0.25) is 0 Å². The van der Waals surface area contributed by atoms with Gasteiger partial charge in [-0.3, -0.25) is 0 Å². The van der Waals surface area contributed by atoms with Crippen LogP contribution in [0.2, 0.25) is 0 Å². The molecule has 1 spiro atoms. The smallest absolute Gasteiger partial charge is 0.428 e. The molecule has 2 N–H and O–H groups in total. The maximum Gasteiger partial charge on any atom is 0.436 e. The summed E-state index contributed by atoms with van der Waals surface area (Å²) in [5.41, 5.74) is 7.18. The lowest BCUT2D eigenvalue weighted by Crippen LogP contribution is -2.37. The molecule has 4 nitrogen and oxygen atoms in total. The normalized spacial score (nSPS) is 27.7. The lowest BCUT2D eigenvalue weighted by Gasteiger charge is -2.22. The minimum atomic E-state index is -0.770. The number of aryl methyl sites for hydroxylation is 1. The van der Waals surface area contributed by atoms with Crippen LogP contribution in [0.5, 0.6) is 0 Å². The zero-order chi connectivity index (χ0) is 10.5. The number of benzene rings is 1. The number of carbonyl (C=O) groups is 1. The van der Waals surface area contributed by atoms with Crippen LogP contribution in [0.15, 0.2) is 29.3 Å². The average Bonchev–Trinajstić information content (AvgIpc) is 2.72. The van der Waals surface area contributed by atoms with E-state index in [9.17, 15) is 4.79 Å². The van der Waals surface area contributed by atoms with Crippen molar-refractivity contribution in [3.63, 3.8) is 0 Å². The van der Waals surface area contributed by atoms with Crippen LogP contribution in [0.25, 0.3) is 0 Å². The average molecular weight is 202 g/mol. The molecule has 1 aliphatic carbocycles. The molecular formula is C11H10N2O2. The first-order chi connectivity index (χ1) is 7.22. The van der Waals surface area contributed by atoms with Crippen molar-refractivity contribution >= 4 is 11.9 Å². The fourth-order valence-electron chi connectivity index (χ4n) is 2.36. The van der Waals surface area contributed by atoms with Gasteiger partial charge in [-0.1, -0.05) is 24.3 Å². The zero-order valence-electron chi connectivity index (χ0n) is 8.06. The van der Waals surface area contributed by atoms with E-state index in [2.05, 4.69) is 4.99 Å². The summed E-state index contributed by atoms with van der Waals surface area (Å²) in [5.74, 6) is 0.289. The molecule has 1 aromatic rings. The van der Waals surface area contributed by atoms with Crippen molar-refractivity contribution < 1.29 is 9.53 Å².